The third-order valence-electron chi connectivity index (χ3n) is 0.780. The lowest BCUT2D eigenvalue weighted by molar-refractivity contribution is 0.469. The van der Waals surface area contributed by atoms with Gasteiger partial charge < -0.3 is 10.2 Å². The molecule has 0 saturated carbocycles. The van der Waals surface area contributed by atoms with Gasteiger partial charge in [0.2, 0.25) is 0 Å². The van der Waals surface area contributed by atoms with Gasteiger partial charge in [-0.05, 0) is 7.05 Å². The first-order valence-corrected chi connectivity index (χ1v) is 4.87. The smallest absolute Gasteiger partial charge is 0.264 e. The van der Waals surface area contributed by atoms with Crippen LogP contribution >= 0.6 is 7.52 Å². The molecule has 0 aromatic rings. The number of hydrogen-bond donors (Lipinski definition) is 3. The molecule has 0 radical (unpaired) electrons. The molecule has 1 atom stereocenters. The van der Waals surface area contributed by atoms with E-state index in [4.69, 9.17) is 4.89 Å². The second-order valence-corrected chi connectivity index (χ2v) is 3.97. The molecule has 0 rings (SSSR count). The van der Waals surface area contributed by atoms with Crippen molar-refractivity contribution in [2.75, 3.05) is 26.8 Å². The number of rotatable bonds is 4. The van der Waals surface area contributed by atoms with E-state index in [1.54, 1.807) is 7.05 Å². The van der Waals surface area contributed by atoms with E-state index >= 15 is 0 Å². The average Bonchev–Trinajstić information content (AvgIpc) is 1.63. The summed E-state index contributed by atoms with van der Waals surface area (Å²) < 4.78 is 10.5. The summed E-state index contributed by atoms with van der Waals surface area (Å²) in [6.45, 7) is 2.52. The van der Waals surface area contributed by atoms with Crippen LogP contribution in [-0.2, 0) is 4.57 Å². The van der Waals surface area contributed by atoms with Crippen LogP contribution in [0.5, 0.6) is 0 Å². The fraction of sp³-hybridized carbons (Fsp3) is 1.00. The number of hydrogen-bond acceptors (Lipinski definition) is 2. The van der Waals surface area contributed by atoms with Crippen molar-refractivity contribution in [3.63, 3.8) is 0 Å². The van der Waals surface area contributed by atoms with E-state index in [9.17, 15) is 4.57 Å². The van der Waals surface area contributed by atoms with Crippen LogP contribution in [0.1, 0.15) is 0 Å². The molecule has 0 amide bonds. The van der Waals surface area contributed by atoms with Gasteiger partial charge in [-0.2, -0.15) is 0 Å². The summed E-state index contributed by atoms with van der Waals surface area (Å²) in [4.78, 5) is 8.66. The van der Waals surface area contributed by atoms with Gasteiger partial charge in [0.05, 0.1) is 0 Å². The monoisotopic (exact) mass is 152 g/mol. The van der Waals surface area contributed by atoms with Crippen LogP contribution < -0.4 is 10.4 Å². The van der Waals surface area contributed by atoms with Gasteiger partial charge in [-0.25, -0.2) is 5.09 Å². The highest BCUT2D eigenvalue weighted by molar-refractivity contribution is 7.54. The largest absolute Gasteiger partial charge is 0.333 e. The molecule has 56 valence electrons. The SMILES string of the molecule is CNCCN[P@@](C)(=O)O. The molecule has 3 N–H and O–H groups in total. The third-order valence-corrected chi connectivity index (χ3v) is 1.59. The molecule has 0 aliphatic rings. The van der Waals surface area contributed by atoms with Crippen molar-refractivity contribution in [3.8, 4) is 0 Å². The van der Waals surface area contributed by atoms with E-state index in [0.29, 0.717) is 13.1 Å². The lowest BCUT2D eigenvalue weighted by Gasteiger charge is -2.05. The molecule has 9 heavy (non-hydrogen) atoms. The fourth-order valence-corrected chi connectivity index (χ4v) is 0.915. The van der Waals surface area contributed by atoms with E-state index in [1.807, 2.05) is 0 Å². The van der Waals surface area contributed by atoms with Gasteiger partial charge in [0.25, 0.3) is 7.52 Å². The van der Waals surface area contributed by atoms with Crippen molar-refractivity contribution in [3.05, 3.63) is 0 Å². The van der Waals surface area contributed by atoms with E-state index in [-0.39, 0.29) is 0 Å². The normalized spacial score (nSPS) is 17.2. The quantitative estimate of drug-likeness (QED) is 0.379. The Morgan fingerprint density at radius 2 is 2.11 bits per heavy atom. The summed E-state index contributed by atoms with van der Waals surface area (Å²) >= 11 is 0. The Morgan fingerprint density at radius 1 is 1.56 bits per heavy atom. The summed E-state index contributed by atoms with van der Waals surface area (Å²) in [5.74, 6) is 0. The molecule has 0 fully saturated rings. The third kappa shape index (κ3) is 8.11. The summed E-state index contributed by atoms with van der Waals surface area (Å²) in [5.41, 5.74) is 0. The Kier molecular flexibility index (Phi) is 4.06. The summed E-state index contributed by atoms with van der Waals surface area (Å²) in [7, 11) is -1.19. The van der Waals surface area contributed by atoms with Crippen LogP contribution in [0.15, 0.2) is 0 Å². The second-order valence-electron chi connectivity index (χ2n) is 1.89. The van der Waals surface area contributed by atoms with Gasteiger partial charge in [0.15, 0.2) is 0 Å². The van der Waals surface area contributed by atoms with Crippen LogP contribution in [0.2, 0.25) is 0 Å². The van der Waals surface area contributed by atoms with Crippen molar-refractivity contribution < 1.29 is 9.46 Å². The maximum Gasteiger partial charge on any atom is 0.264 e. The van der Waals surface area contributed by atoms with Crippen LogP contribution in [0.4, 0.5) is 0 Å². The van der Waals surface area contributed by atoms with Gasteiger partial charge in [-0.1, -0.05) is 0 Å². The zero-order valence-electron chi connectivity index (χ0n) is 5.72. The first-order valence-electron chi connectivity index (χ1n) is 2.76. The summed E-state index contributed by atoms with van der Waals surface area (Å²) in [5, 5.41) is 5.32. The Bertz CT molecular complexity index is 111. The van der Waals surface area contributed by atoms with E-state index in [1.165, 1.54) is 6.66 Å². The van der Waals surface area contributed by atoms with Crippen LogP contribution in [0, 0.1) is 0 Å². The molecule has 0 spiro atoms. The Balaban J connectivity index is 3.18. The zero-order chi connectivity index (χ0) is 7.33. The fourth-order valence-electron chi connectivity index (χ4n) is 0.388. The molecule has 0 aromatic heterocycles. The highest BCUT2D eigenvalue weighted by atomic mass is 31.2. The predicted octanol–water partition coefficient (Wildman–Crippen LogP) is -0.389. The molecule has 5 heteroatoms. The van der Waals surface area contributed by atoms with Crippen molar-refractivity contribution in [2.45, 2.75) is 0 Å². The van der Waals surface area contributed by atoms with Crippen LogP contribution in [0.3, 0.4) is 0 Å². The molecule has 0 bridgehead atoms. The lowest BCUT2D eigenvalue weighted by Crippen LogP contribution is -2.22. The molecular weight excluding hydrogens is 139 g/mol. The Labute approximate surface area is 55.2 Å². The molecule has 0 aliphatic heterocycles. The molecular formula is C4H13N2O2P. The van der Waals surface area contributed by atoms with Crippen molar-refractivity contribution in [1.29, 1.82) is 0 Å². The Hall–Kier alpha value is 0.110. The van der Waals surface area contributed by atoms with Gasteiger partial charge in [-0.3, -0.25) is 4.57 Å². The molecule has 0 saturated heterocycles. The van der Waals surface area contributed by atoms with Crippen LogP contribution in [0.25, 0.3) is 0 Å². The van der Waals surface area contributed by atoms with Crippen molar-refractivity contribution in [1.82, 2.24) is 10.4 Å². The molecule has 0 heterocycles. The predicted molar refractivity (Wildman–Crippen MR) is 37.7 cm³/mol. The minimum Gasteiger partial charge on any atom is -0.333 e. The van der Waals surface area contributed by atoms with Gasteiger partial charge in [0, 0.05) is 19.8 Å². The minimum atomic E-state index is -2.99. The molecule has 4 nitrogen and oxygen atoms in total. The van der Waals surface area contributed by atoms with E-state index in [2.05, 4.69) is 10.4 Å². The number of likely N-dealkylation sites (N-methyl/N-ethyl adjacent to an activating group) is 1. The minimum absolute atomic E-state index is 0.529. The molecule has 0 aliphatic carbocycles. The topological polar surface area (TPSA) is 61.4 Å². The summed E-state index contributed by atoms with van der Waals surface area (Å²) in [6, 6.07) is 0. The second kappa shape index (κ2) is 4.01. The maximum atomic E-state index is 10.5. The Morgan fingerprint density at radius 3 is 2.44 bits per heavy atom. The average molecular weight is 152 g/mol. The standard InChI is InChI=1S/C4H13N2O2P/c1-5-3-4-6-9(2,7)8/h5H,3-4H2,1-2H3,(H2,6,7,8). The van der Waals surface area contributed by atoms with Gasteiger partial charge >= 0.3 is 0 Å². The first-order chi connectivity index (χ1) is 4.06. The van der Waals surface area contributed by atoms with Crippen molar-refractivity contribution in [2.24, 2.45) is 0 Å². The summed E-state index contributed by atoms with van der Waals surface area (Å²) in [6.07, 6.45) is 0. The van der Waals surface area contributed by atoms with Gasteiger partial charge in [0.1, 0.15) is 0 Å². The molecule has 0 aromatic carbocycles. The van der Waals surface area contributed by atoms with Crippen LogP contribution in [-0.4, -0.2) is 31.7 Å². The van der Waals surface area contributed by atoms with Gasteiger partial charge in [-0.15, -0.1) is 0 Å². The molecule has 0 unspecified atom stereocenters. The lowest BCUT2D eigenvalue weighted by atomic mass is 10.7. The first kappa shape index (κ1) is 9.11. The zero-order valence-corrected chi connectivity index (χ0v) is 6.61. The van der Waals surface area contributed by atoms with E-state index in [0.717, 1.165) is 0 Å². The highest BCUT2D eigenvalue weighted by Crippen LogP contribution is 2.27. The highest BCUT2D eigenvalue weighted by Gasteiger charge is 2.05. The maximum absolute atomic E-state index is 10.5. The number of nitrogens with one attached hydrogen (secondary N) is 2. The van der Waals surface area contributed by atoms with E-state index < -0.39 is 7.52 Å². The van der Waals surface area contributed by atoms with Crippen molar-refractivity contribution >= 4 is 7.52 Å².